The standard InChI is InChI=1S/C5H5N4O/c10-5-3-4(7-1-6-3)8-2-9-5/h1H,2H2,(H,6,7)(H,9,10). The average Bonchev–Trinajstić information content (AvgIpc) is 2.36. The maximum absolute atomic E-state index is 10.9. The van der Waals surface area contributed by atoms with Crippen molar-refractivity contribution in [3.05, 3.63) is 12.0 Å². The van der Waals surface area contributed by atoms with Crippen LogP contribution in [0.15, 0.2) is 6.33 Å². The third-order valence-electron chi connectivity index (χ3n) is 1.31. The molecule has 1 aromatic heterocycles. The molecule has 0 atom stereocenters. The molecule has 1 aliphatic rings. The van der Waals surface area contributed by atoms with Gasteiger partial charge in [-0.15, -0.1) is 0 Å². The van der Waals surface area contributed by atoms with E-state index in [0.29, 0.717) is 18.2 Å². The van der Waals surface area contributed by atoms with Crippen molar-refractivity contribution in [2.75, 3.05) is 6.67 Å². The first-order chi connectivity index (χ1) is 4.88. The minimum atomic E-state index is -0.137. The highest BCUT2D eigenvalue weighted by Crippen LogP contribution is 2.10. The lowest BCUT2D eigenvalue weighted by Gasteiger charge is -2.09. The number of fused-ring (bicyclic) bond motifs is 1. The van der Waals surface area contributed by atoms with Crippen LogP contribution in [-0.2, 0) is 0 Å². The molecule has 0 unspecified atom stereocenters. The van der Waals surface area contributed by atoms with Gasteiger partial charge < -0.3 is 10.3 Å². The number of carbonyl (C=O) groups excluding carboxylic acids is 1. The molecule has 2 rings (SSSR count). The van der Waals surface area contributed by atoms with Crippen molar-refractivity contribution in [2.45, 2.75) is 0 Å². The van der Waals surface area contributed by atoms with Gasteiger partial charge >= 0.3 is 0 Å². The maximum Gasteiger partial charge on any atom is 0.273 e. The summed E-state index contributed by atoms with van der Waals surface area (Å²) in [7, 11) is 0. The molecule has 0 aliphatic carbocycles. The van der Waals surface area contributed by atoms with Gasteiger partial charge in [-0.1, -0.05) is 0 Å². The van der Waals surface area contributed by atoms with Crippen LogP contribution in [0.3, 0.4) is 0 Å². The molecule has 0 aromatic carbocycles. The molecule has 2 N–H and O–H groups in total. The summed E-state index contributed by atoms with van der Waals surface area (Å²) >= 11 is 0. The summed E-state index contributed by atoms with van der Waals surface area (Å²) < 4.78 is 0. The molecule has 1 aromatic rings. The van der Waals surface area contributed by atoms with Gasteiger partial charge in [0.1, 0.15) is 6.67 Å². The van der Waals surface area contributed by atoms with Gasteiger partial charge in [-0.25, -0.2) is 10.3 Å². The fourth-order valence-corrected chi connectivity index (χ4v) is 0.849. The van der Waals surface area contributed by atoms with Gasteiger partial charge in [-0.05, 0) is 0 Å². The molecular formula is C5H5N4O. The Kier molecular flexibility index (Phi) is 0.913. The Hall–Kier alpha value is -1.52. The highest BCUT2D eigenvalue weighted by molar-refractivity contribution is 5.97. The second-order valence-corrected chi connectivity index (χ2v) is 1.92. The summed E-state index contributed by atoms with van der Waals surface area (Å²) in [4.78, 5) is 17.4. The van der Waals surface area contributed by atoms with Crippen LogP contribution in [0.1, 0.15) is 10.5 Å². The van der Waals surface area contributed by atoms with Crippen LogP contribution >= 0.6 is 0 Å². The van der Waals surface area contributed by atoms with E-state index >= 15 is 0 Å². The molecule has 51 valence electrons. The van der Waals surface area contributed by atoms with E-state index in [1.54, 1.807) is 0 Å². The van der Waals surface area contributed by atoms with Crippen molar-refractivity contribution in [1.29, 1.82) is 0 Å². The number of hydrogen-bond donors (Lipinski definition) is 2. The van der Waals surface area contributed by atoms with Crippen molar-refractivity contribution in [1.82, 2.24) is 20.6 Å². The molecule has 1 aliphatic heterocycles. The van der Waals surface area contributed by atoms with Gasteiger partial charge in [0.25, 0.3) is 5.91 Å². The number of nitrogens with one attached hydrogen (secondary N) is 2. The molecule has 1 amide bonds. The van der Waals surface area contributed by atoms with E-state index in [4.69, 9.17) is 0 Å². The minimum absolute atomic E-state index is 0.137. The number of aromatic nitrogens is 2. The van der Waals surface area contributed by atoms with Crippen LogP contribution in [0.25, 0.3) is 0 Å². The normalized spacial score (nSPS) is 15.4. The van der Waals surface area contributed by atoms with Crippen LogP contribution in [0.4, 0.5) is 5.82 Å². The van der Waals surface area contributed by atoms with Crippen LogP contribution in [0.2, 0.25) is 0 Å². The second-order valence-electron chi connectivity index (χ2n) is 1.92. The lowest BCUT2D eigenvalue weighted by Crippen LogP contribution is -2.34. The third kappa shape index (κ3) is 0.570. The Morgan fingerprint density at radius 2 is 2.50 bits per heavy atom. The van der Waals surface area contributed by atoms with Crippen LogP contribution in [0, 0.1) is 0 Å². The smallest absolute Gasteiger partial charge is 0.273 e. The van der Waals surface area contributed by atoms with Gasteiger partial charge in [-0.2, -0.15) is 0 Å². The van der Waals surface area contributed by atoms with Gasteiger partial charge in [-0.3, -0.25) is 4.79 Å². The lowest BCUT2D eigenvalue weighted by molar-refractivity contribution is 0.0940. The van der Waals surface area contributed by atoms with Crippen molar-refractivity contribution in [3.8, 4) is 0 Å². The van der Waals surface area contributed by atoms with Gasteiger partial charge in [0.05, 0.1) is 6.33 Å². The summed E-state index contributed by atoms with van der Waals surface area (Å²) in [5.41, 5.74) is 0.450. The molecule has 0 saturated carbocycles. The second kappa shape index (κ2) is 1.73. The molecule has 1 radical (unpaired) electrons. The van der Waals surface area contributed by atoms with Crippen molar-refractivity contribution in [3.63, 3.8) is 0 Å². The molecule has 0 spiro atoms. The van der Waals surface area contributed by atoms with Crippen LogP contribution < -0.4 is 10.6 Å². The molecule has 5 nitrogen and oxygen atoms in total. The summed E-state index contributed by atoms with van der Waals surface area (Å²) in [6.07, 6.45) is 1.46. The largest absolute Gasteiger partial charge is 0.339 e. The number of amides is 1. The third-order valence-corrected chi connectivity index (χ3v) is 1.31. The number of nitrogens with zero attached hydrogens (tertiary/aromatic N) is 2. The van der Waals surface area contributed by atoms with Crippen molar-refractivity contribution >= 4 is 11.7 Å². The number of hydrogen-bond acceptors (Lipinski definition) is 2. The van der Waals surface area contributed by atoms with E-state index in [9.17, 15) is 4.79 Å². The first-order valence-corrected chi connectivity index (χ1v) is 2.87. The summed E-state index contributed by atoms with van der Waals surface area (Å²) in [5, 5.41) is 6.48. The first kappa shape index (κ1) is 5.28. The maximum atomic E-state index is 10.9. The molecule has 0 saturated heterocycles. The van der Waals surface area contributed by atoms with E-state index in [-0.39, 0.29) is 5.91 Å². The lowest BCUT2D eigenvalue weighted by atomic mass is 10.3. The van der Waals surface area contributed by atoms with E-state index < -0.39 is 0 Å². The topological polar surface area (TPSA) is 71.9 Å². The minimum Gasteiger partial charge on any atom is -0.339 e. The molecular weight excluding hydrogens is 132 g/mol. The zero-order chi connectivity index (χ0) is 6.97. The summed E-state index contributed by atoms with van der Waals surface area (Å²) in [6, 6.07) is 0. The predicted molar refractivity (Wildman–Crippen MR) is 32.7 cm³/mol. The Labute approximate surface area is 56.8 Å². The highest BCUT2D eigenvalue weighted by atomic mass is 16.2. The van der Waals surface area contributed by atoms with E-state index in [0.717, 1.165) is 0 Å². The van der Waals surface area contributed by atoms with Crippen LogP contribution in [-0.4, -0.2) is 22.5 Å². The molecule has 0 bridgehead atoms. The highest BCUT2D eigenvalue weighted by Gasteiger charge is 2.18. The predicted octanol–water partition coefficient (Wildman–Crippen LogP) is -0.654. The molecule has 5 heteroatoms. The fourth-order valence-electron chi connectivity index (χ4n) is 0.849. The number of imidazole rings is 1. The SMILES string of the molecule is O=C1NC[N]c2nc[nH]c21. The Morgan fingerprint density at radius 3 is 3.30 bits per heavy atom. The van der Waals surface area contributed by atoms with E-state index in [1.807, 2.05) is 0 Å². The van der Waals surface area contributed by atoms with Gasteiger partial charge in [0.2, 0.25) is 0 Å². The van der Waals surface area contributed by atoms with E-state index in [1.165, 1.54) is 6.33 Å². The Morgan fingerprint density at radius 1 is 1.60 bits per heavy atom. The zero-order valence-electron chi connectivity index (χ0n) is 5.09. The van der Waals surface area contributed by atoms with Crippen molar-refractivity contribution in [2.24, 2.45) is 0 Å². The molecule has 0 fully saturated rings. The fraction of sp³-hybridized carbons (Fsp3) is 0.200. The quantitative estimate of drug-likeness (QED) is 0.498. The number of H-pyrrole nitrogens is 1. The molecule has 10 heavy (non-hydrogen) atoms. The number of aromatic amines is 1. The Balaban J connectivity index is 2.50. The molecule has 2 heterocycles. The summed E-state index contributed by atoms with van der Waals surface area (Å²) in [6.45, 7) is 0.330. The summed E-state index contributed by atoms with van der Waals surface area (Å²) in [5.74, 6) is 0.367. The van der Waals surface area contributed by atoms with Crippen LogP contribution in [0.5, 0.6) is 0 Å². The van der Waals surface area contributed by atoms with Crippen molar-refractivity contribution < 1.29 is 4.79 Å². The zero-order valence-corrected chi connectivity index (χ0v) is 5.09. The Bertz CT molecular complexity index is 266. The number of carbonyl (C=O) groups is 1. The number of rotatable bonds is 0. The average molecular weight is 137 g/mol. The van der Waals surface area contributed by atoms with Gasteiger partial charge in [0.15, 0.2) is 11.5 Å². The monoisotopic (exact) mass is 137 g/mol. The van der Waals surface area contributed by atoms with Gasteiger partial charge in [0, 0.05) is 0 Å². The first-order valence-electron chi connectivity index (χ1n) is 2.87. The van der Waals surface area contributed by atoms with E-state index in [2.05, 4.69) is 20.6 Å².